The lowest BCUT2D eigenvalue weighted by Gasteiger charge is -2.25. The zero-order chi connectivity index (χ0) is 19.2. The van der Waals surface area contributed by atoms with E-state index >= 15 is 0 Å². The van der Waals surface area contributed by atoms with Gasteiger partial charge in [0.1, 0.15) is 5.75 Å². The van der Waals surface area contributed by atoms with Crippen LogP contribution in [0.3, 0.4) is 0 Å². The van der Waals surface area contributed by atoms with E-state index in [2.05, 4.69) is 5.32 Å². The fraction of sp³-hybridized carbons (Fsp3) is 0.611. The van der Waals surface area contributed by atoms with E-state index in [-0.39, 0.29) is 17.3 Å². The van der Waals surface area contributed by atoms with Gasteiger partial charge < -0.3 is 15.2 Å². The average molecular weight is 384 g/mol. The number of hydrogen-bond donors (Lipinski definition) is 2. The summed E-state index contributed by atoms with van der Waals surface area (Å²) in [4.78, 5) is 12.1. The number of hydrogen-bond acceptors (Lipinski definition) is 5. The second kappa shape index (κ2) is 9.34. The van der Waals surface area contributed by atoms with Gasteiger partial charge in [-0.05, 0) is 43.5 Å². The summed E-state index contributed by atoms with van der Waals surface area (Å²) in [7, 11) is -2.19. The minimum Gasteiger partial charge on any atom is -0.497 e. The van der Waals surface area contributed by atoms with Crippen molar-refractivity contribution in [3.63, 3.8) is 0 Å². The Morgan fingerprint density at radius 3 is 2.65 bits per heavy atom. The molecule has 1 aromatic rings. The summed E-state index contributed by atoms with van der Waals surface area (Å²) in [5.74, 6) is 0.483. The Labute approximate surface area is 155 Å². The van der Waals surface area contributed by atoms with E-state index in [1.165, 1.54) is 23.5 Å². The van der Waals surface area contributed by atoms with Crippen LogP contribution >= 0.6 is 0 Å². The number of nitrogens with one attached hydrogen (secondary N) is 1. The van der Waals surface area contributed by atoms with Crippen LogP contribution in [0.25, 0.3) is 0 Å². The Morgan fingerprint density at radius 2 is 2.04 bits per heavy atom. The smallest absolute Gasteiger partial charge is 0.243 e. The standard InChI is InChI=1S/C18H28N2O5S/c1-3-4-7-18(22)19-16-6-5-12-20(13-17(16)21)26(23,24)15-10-8-14(25-2)9-11-15/h8-11,16-17,21H,3-7,12-13H2,1-2H3,(H,19,22). The summed E-state index contributed by atoms with van der Waals surface area (Å²) in [5.41, 5.74) is 0. The Morgan fingerprint density at radius 1 is 1.35 bits per heavy atom. The van der Waals surface area contributed by atoms with Gasteiger partial charge in [0.05, 0.1) is 24.2 Å². The highest BCUT2D eigenvalue weighted by atomic mass is 32.2. The number of methoxy groups -OCH3 is 1. The molecule has 2 N–H and O–H groups in total. The molecule has 8 heteroatoms. The van der Waals surface area contributed by atoms with E-state index in [1.54, 1.807) is 12.1 Å². The van der Waals surface area contributed by atoms with E-state index in [9.17, 15) is 18.3 Å². The SMILES string of the molecule is CCCCC(=O)NC1CCCN(S(=O)(=O)c2ccc(OC)cc2)CC1O. The van der Waals surface area contributed by atoms with Crippen LogP contribution in [0, 0.1) is 0 Å². The van der Waals surface area contributed by atoms with Crippen molar-refractivity contribution in [2.45, 2.75) is 56.1 Å². The highest BCUT2D eigenvalue weighted by Crippen LogP contribution is 2.23. The minimum atomic E-state index is -3.70. The third kappa shape index (κ3) is 5.18. The molecule has 0 spiro atoms. The summed E-state index contributed by atoms with van der Waals surface area (Å²) in [6, 6.07) is 5.76. The molecule has 1 amide bonds. The first-order valence-electron chi connectivity index (χ1n) is 9.00. The van der Waals surface area contributed by atoms with Crippen LogP contribution in [-0.2, 0) is 14.8 Å². The predicted molar refractivity (Wildman–Crippen MR) is 98.4 cm³/mol. The molecule has 1 aliphatic heterocycles. The molecule has 7 nitrogen and oxygen atoms in total. The van der Waals surface area contributed by atoms with E-state index in [4.69, 9.17) is 4.74 Å². The Kier molecular flexibility index (Phi) is 7.43. The van der Waals surface area contributed by atoms with E-state index in [1.807, 2.05) is 6.92 Å². The van der Waals surface area contributed by atoms with Crippen LogP contribution in [0.1, 0.15) is 39.0 Å². The van der Waals surface area contributed by atoms with Crippen LogP contribution in [0.5, 0.6) is 5.75 Å². The normalized spacial score (nSPS) is 21.8. The number of rotatable bonds is 7. The van der Waals surface area contributed by atoms with Gasteiger partial charge in [-0.1, -0.05) is 13.3 Å². The Bertz CT molecular complexity index is 690. The van der Waals surface area contributed by atoms with Gasteiger partial charge in [0.2, 0.25) is 15.9 Å². The molecular weight excluding hydrogens is 356 g/mol. The molecule has 2 atom stereocenters. The second-order valence-corrected chi connectivity index (χ2v) is 8.46. The zero-order valence-electron chi connectivity index (χ0n) is 15.3. The molecule has 0 saturated carbocycles. The number of sulfonamides is 1. The highest BCUT2D eigenvalue weighted by Gasteiger charge is 2.33. The fourth-order valence-electron chi connectivity index (χ4n) is 3.01. The molecule has 2 rings (SSSR count). The number of amides is 1. The number of β-amino-alcohol motifs (C(OH)–C–C–N with tert-alkyl or cyclic N) is 1. The minimum absolute atomic E-state index is 0.0346. The van der Waals surface area contributed by atoms with Gasteiger partial charge in [-0.3, -0.25) is 4.79 Å². The van der Waals surface area contributed by atoms with Crippen molar-refractivity contribution < 1.29 is 23.1 Å². The molecule has 0 aromatic heterocycles. The zero-order valence-corrected chi connectivity index (χ0v) is 16.2. The molecule has 146 valence electrons. The quantitative estimate of drug-likeness (QED) is 0.743. The van der Waals surface area contributed by atoms with Crippen molar-refractivity contribution in [3.05, 3.63) is 24.3 Å². The molecule has 0 bridgehead atoms. The van der Waals surface area contributed by atoms with Crippen molar-refractivity contribution >= 4 is 15.9 Å². The first-order chi connectivity index (χ1) is 12.4. The van der Waals surface area contributed by atoms with Crippen molar-refractivity contribution in [3.8, 4) is 5.75 Å². The summed E-state index contributed by atoms with van der Waals surface area (Å²) in [6.07, 6.45) is 2.34. The molecule has 0 radical (unpaired) electrons. The van der Waals surface area contributed by atoms with Crippen molar-refractivity contribution in [2.75, 3.05) is 20.2 Å². The molecule has 2 unspecified atom stereocenters. The molecule has 26 heavy (non-hydrogen) atoms. The molecule has 1 aliphatic rings. The van der Waals surface area contributed by atoms with Gasteiger partial charge in [0.15, 0.2) is 0 Å². The van der Waals surface area contributed by atoms with Gasteiger partial charge in [0.25, 0.3) is 0 Å². The largest absolute Gasteiger partial charge is 0.497 e. The third-order valence-electron chi connectivity index (χ3n) is 4.58. The molecule has 1 aromatic carbocycles. The number of carbonyl (C=O) groups excluding carboxylic acids is 1. The summed E-state index contributed by atoms with van der Waals surface area (Å²) in [5, 5.41) is 13.3. The van der Waals surface area contributed by atoms with Gasteiger partial charge in [-0.2, -0.15) is 4.31 Å². The summed E-state index contributed by atoms with van der Waals surface area (Å²) < 4.78 is 32.0. The van der Waals surface area contributed by atoms with E-state index in [0.717, 1.165) is 12.8 Å². The van der Waals surface area contributed by atoms with Crippen LogP contribution in [0.2, 0.25) is 0 Å². The Balaban J connectivity index is 2.06. The molecule has 1 heterocycles. The van der Waals surface area contributed by atoms with Crippen molar-refractivity contribution in [1.82, 2.24) is 9.62 Å². The molecule has 1 saturated heterocycles. The molecule has 1 fully saturated rings. The summed E-state index contributed by atoms with van der Waals surface area (Å²) >= 11 is 0. The average Bonchev–Trinajstić information content (AvgIpc) is 2.82. The lowest BCUT2D eigenvalue weighted by atomic mass is 10.1. The Hall–Kier alpha value is -1.64. The van der Waals surface area contributed by atoms with Gasteiger partial charge in [0, 0.05) is 19.5 Å². The molecular formula is C18H28N2O5S. The summed E-state index contributed by atoms with van der Waals surface area (Å²) in [6.45, 7) is 2.29. The number of aliphatic hydroxyl groups is 1. The predicted octanol–water partition coefficient (Wildman–Crippen LogP) is 1.52. The van der Waals surface area contributed by atoms with Crippen molar-refractivity contribution in [2.24, 2.45) is 0 Å². The number of benzene rings is 1. The first-order valence-corrected chi connectivity index (χ1v) is 10.4. The number of ether oxygens (including phenoxy) is 1. The van der Waals surface area contributed by atoms with Crippen LogP contribution < -0.4 is 10.1 Å². The van der Waals surface area contributed by atoms with Gasteiger partial charge in [-0.15, -0.1) is 0 Å². The van der Waals surface area contributed by atoms with Crippen molar-refractivity contribution in [1.29, 1.82) is 0 Å². The van der Waals surface area contributed by atoms with Crippen LogP contribution in [0.15, 0.2) is 29.2 Å². The van der Waals surface area contributed by atoms with E-state index in [0.29, 0.717) is 31.6 Å². The van der Waals surface area contributed by atoms with Crippen LogP contribution in [-0.4, -0.2) is 56.1 Å². The monoisotopic (exact) mass is 384 g/mol. The van der Waals surface area contributed by atoms with Gasteiger partial charge in [-0.25, -0.2) is 8.42 Å². The van der Waals surface area contributed by atoms with Crippen LogP contribution in [0.4, 0.5) is 0 Å². The fourth-order valence-corrected chi connectivity index (χ4v) is 4.50. The topological polar surface area (TPSA) is 95.9 Å². The first kappa shape index (κ1) is 20.7. The maximum atomic E-state index is 12.8. The lowest BCUT2D eigenvalue weighted by Crippen LogP contribution is -2.47. The number of aliphatic hydroxyl groups excluding tert-OH is 1. The maximum Gasteiger partial charge on any atom is 0.243 e. The second-order valence-electron chi connectivity index (χ2n) is 6.53. The number of unbranched alkanes of at least 4 members (excludes halogenated alkanes) is 1. The van der Waals surface area contributed by atoms with Gasteiger partial charge >= 0.3 is 0 Å². The van der Waals surface area contributed by atoms with E-state index < -0.39 is 22.2 Å². The maximum absolute atomic E-state index is 12.8. The number of nitrogens with zero attached hydrogens (tertiary/aromatic N) is 1. The third-order valence-corrected chi connectivity index (χ3v) is 6.46. The molecule has 0 aliphatic carbocycles. The lowest BCUT2D eigenvalue weighted by molar-refractivity contribution is -0.122. The highest BCUT2D eigenvalue weighted by molar-refractivity contribution is 7.89. The number of carbonyl (C=O) groups is 1.